The zero-order valence-corrected chi connectivity index (χ0v) is 17.3. The Balaban J connectivity index is 1.58. The van der Waals surface area contributed by atoms with E-state index in [1.807, 2.05) is 38.1 Å². The SMILES string of the molecule is CC(C)CS(=O)(=O)N1CCN(c2nc(Cc3ccc(Cl)cc3)ns2)CC1. The molecule has 1 aliphatic heterocycles. The fraction of sp³-hybridized carbons (Fsp3) is 0.529. The minimum absolute atomic E-state index is 0.136. The van der Waals surface area contributed by atoms with Gasteiger partial charge in [-0.05, 0) is 23.6 Å². The number of rotatable bonds is 6. The predicted molar refractivity (Wildman–Crippen MR) is 107 cm³/mol. The van der Waals surface area contributed by atoms with Crippen molar-refractivity contribution in [2.45, 2.75) is 20.3 Å². The standard InChI is InChI=1S/C17H23ClN4O2S2/c1-13(2)12-26(23,24)22-9-7-21(8-10-22)17-19-16(20-25-17)11-14-3-5-15(18)6-4-14/h3-6,13H,7-12H2,1-2H3. The lowest BCUT2D eigenvalue weighted by Gasteiger charge is -2.33. The van der Waals surface area contributed by atoms with E-state index in [9.17, 15) is 8.42 Å². The van der Waals surface area contributed by atoms with Crippen molar-refractivity contribution in [1.82, 2.24) is 13.7 Å². The van der Waals surface area contributed by atoms with Crippen molar-refractivity contribution in [3.63, 3.8) is 0 Å². The molecule has 9 heteroatoms. The summed E-state index contributed by atoms with van der Waals surface area (Å²) in [6, 6.07) is 7.67. The summed E-state index contributed by atoms with van der Waals surface area (Å²) in [7, 11) is -3.16. The molecule has 0 spiro atoms. The fourth-order valence-electron chi connectivity index (χ4n) is 2.91. The second-order valence-corrected chi connectivity index (χ2v) is 10.0. The largest absolute Gasteiger partial charge is 0.344 e. The molecular weight excluding hydrogens is 392 g/mol. The van der Waals surface area contributed by atoms with Crippen LogP contribution in [-0.2, 0) is 16.4 Å². The normalized spacial score (nSPS) is 16.4. The Hall–Kier alpha value is -1.22. The Morgan fingerprint density at radius 3 is 2.42 bits per heavy atom. The summed E-state index contributed by atoms with van der Waals surface area (Å²) < 4.78 is 30.7. The maximum absolute atomic E-state index is 12.3. The van der Waals surface area contributed by atoms with Gasteiger partial charge in [0.05, 0.1) is 5.75 Å². The number of hydrogen-bond donors (Lipinski definition) is 0. The van der Waals surface area contributed by atoms with Crippen LogP contribution in [0.5, 0.6) is 0 Å². The Kier molecular flexibility index (Phi) is 6.17. The zero-order valence-electron chi connectivity index (χ0n) is 14.9. The summed E-state index contributed by atoms with van der Waals surface area (Å²) in [6.45, 7) is 6.15. The molecule has 3 rings (SSSR count). The van der Waals surface area contributed by atoms with Crippen molar-refractivity contribution in [2.75, 3.05) is 36.8 Å². The van der Waals surface area contributed by atoms with Gasteiger partial charge in [0, 0.05) is 49.2 Å². The first-order valence-corrected chi connectivity index (χ1v) is 11.4. The fourth-order valence-corrected chi connectivity index (χ4v) is 5.55. The molecule has 0 amide bonds. The number of sulfonamides is 1. The van der Waals surface area contributed by atoms with Crippen LogP contribution in [0.1, 0.15) is 25.2 Å². The third-order valence-corrected chi connectivity index (χ3v) is 7.49. The number of nitrogens with zero attached hydrogens (tertiary/aromatic N) is 4. The van der Waals surface area contributed by atoms with E-state index in [0.717, 1.165) is 16.5 Å². The smallest absolute Gasteiger partial charge is 0.214 e. The summed E-state index contributed by atoms with van der Waals surface area (Å²) in [5.41, 5.74) is 1.11. The first kappa shape index (κ1) is 19.5. The zero-order chi connectivity index (χ0) is 18.7. The summed E-state index contributed by atoms with van der Waals surface area (Å²) in [4.78, 5) is 6.74. The van der Waals surface area contributed by atoms with E-state index < -0.39 is 10.0 Å². The van der Waals surface area contributed by atoms with Crippen LogP contribution < -0.4 is 4.90 Å². The Bertz CT molecular complexity index is 829. The highest BCUT2D eigenvalue weighted by molar-refractivity contribution is 7.89. The van der Waals surface area contributed by atoms with E-state index in [2.05, 4.69) is 14.3 Å². The molecule has 142 valence electrons. The minimum Gasteiger partial charge on any atom is -0.344 e. The Labute approximate surface area is 164 Å². The molecule has 0 saturated carbocycles. The van der Waals surface area contributed by atoms with Crippen molar-refractivity contribution in [3.05, 3.63) is 40.7 Å². The van der Waals surface area contributed by atoms with Gasteiger partial charge in [0.2, 0.25) is 15.2 Å². The van der Waals surface area contributed by atoms with Gasteiger partial charge in [-0.1, -0.05) is 37.6 Å². The van der Waals surface area contributed by atoms with Crippen LogP contribution in [-0.4, -0.2) is 54.0 Å². The number of aromatic nitrogens is 2. The molecule has 0 aliphatic carbocycles. The lowest BCUT2D eigenvalue weighted by molar-refractivity contribution is 0.381. The van der Waals surface area contributed by atoms with Crippen LogP contribution in [0.15, 0.2) is 24.3 Å². The van der Waals surface area contributed by atoms with Gasteiger partial charge < -0.3 is 4.90 Å². The monoisotopic (exact) mass is 414 g/mol. The van der Waals surface area contributed by atoms with Gasteiger partial charge in [0.25, 0.3) is 0 Å². The molecule has 1 aliphatic rings. The number of benzene rings is 1. The van der Waals surface area contributed by atoms with Crippen LogP contribution in [0.2, 0.25) is 5.02 Å². The van der Waals surface area contributed by atoms with Crippen LogP contribution in [0.3, 0.4) is 0 Å². The number of anilines is 1. The van der Waals surface area contributed by atoms with Gasteiger partial charge in [-0.25, -0.2) is 13.4 Å². The second kappa shape index (κ2) is 8.21. The summed E-state index contributed by atoms with van der Waals surface area (Å²) in [5.74, 6) is 1.12. The number of halogens is 1. The van der Waals surface area contributed by atoms with Gasteiger partial charge in [0.1, 0.15) is 5.82 Å². The van der Waals surface area contributed by atoms with Crippen molar-refractivity contribution in [2.24, 2.45) is 5.92 Å². The van der Waals surface area contributed by atoms with E-state index in [1.54, 1.807) is 4.31 Å². The second-order valence-electron chi connectivity index (χ2n) is 6.85. The van der Waals surface area contributed by atoms with E-state index in [0.29, 0.717) is 37.6 Å². The highest BCUT2D eigenvalue weighted by Crippen LogP contribution is 2.22. The van der Waals surface area contributed by atoms with Gasteiger partial charge in [-0.2, -0.15) is 8.68 Å². The first-order chi connectivity index (χ1) is 12.3. The van der Waals surface area contributed by atoms with Gasteiger partial charge in [0.15, 0.2) is 0 Å². The van der Waals surface area contributed by atoms with E-state index in [-0.39, 0.29) is 11.7 Å². The highest BCUT2D eigenvalue weighted by atomic mass is 35.5. The molecular formula is C17H23ClN4O2S2. The maximum Gasteiger partial charge on any atom is 0.214 e. The molecule has 0 bridgehead atoms. The average molecular weight is 415 g/mol. The highest BCUT2D eigenvalue weighted by Gasteiger charge is 2.28. The topological polar surface area (TPSA) is 66.4 Å². The molecule has 0 N–H and O–H groups in total. The number of piperazine rings is 1. The lowest BCUT2D eigenvalue weighted by Crippen LogP contribution is -2.49. The third kappa shape index (κ3) is 4.94. The molecule has 0 radical (unpaired) electrons. The molecule has 0 atom stereocenters. The van der Waals surface area contributed by atoms with Gasteiger partial charge >= 0.3 is 0 Å². The van der Waals surface area contributed by atoms with Crippen LogP contribution in [0, 0.1) is 5.92 Å². The van der Waals surface area contributed by atoms with Crippen molar-refractivity contribution in [3.8, 4) is 0 Å². The van der Waals surface area contributed by atoms with Crippen molar-refractivity contribution >= 4 is 38.3 Å². The quantitative estimate of drug-likeness (QED) is 0.727. The van der Waals surface area contributed by atoms with Gasteiger partial charge in [-0.15, -0.1) is 0 Å². The Morgan fingerprint density at radius 2 is 1.81 bits per heavy atom. The summed E-state index contributed by atoms with van der Waals surface area (Å²) in [6.07, 6.45) is 0.663. The molecule has 1 fully saturated rings. The molecule has 26 heavy (non-hydrogen) atoms. The summed E-state index contributed by atoms with van der Waals surface area (Å²) in [5, 5.41) is 1.57. The first-order valence-electron chi connectivity index (χ1n) is 8.63. The van der Waals surface area contributed by atoms with Crippen molar-refractivity contribution < 1.29 is 8.42 Å². The minimum atomic E-state index is -3.16. The van der Waals surface area contributed by atoms with E-state index in [1.165, 1.54) is 11.5 Å². The molecule has 1 aromatic heterocycles. The predicted octanol–water partition coefficient (Wildman–Crippen LogP) is 2.89. The van der Waals surface area contributed by atoms with E-state index >= 15 is 0 Å². The van der Waals surface area contributed by atoms with Crippen LogP contribution >= 0.6 is 23.1 Å². The van der Waals surface area contributed by atoms with E-state index in [4.69, 9.17) is 11.6 Å². The molecule has 6 nitrogen and oxygen atoms in total. The van der Waals surface area contributed by atoms with Crippen LogP contribution in [0.4, 0.5) is 5.13 Å². The third-order valence-electron chi connectivity index (χ3n) is 4.18. The molecule has 2 aromatic rings. The number of hydrogen-bond acceptors (Lipinski definition) is 6. The van der Waals surface area contributed by atoms with Crippen LogP contribution in [0.25, 0.3) is 0 Å². The average Bonchev–Trinajstić information content (AvgIpc) is 3.04. The van der Waals surface area contributed by atoms with Crippen molar-refractivity contribution in [1.29, 1.82) is 0 Å². The molecule has 2 heterocycles. The molecule has 0 unspecified atom stereocenters. The lowest BCUT2D eigenvalue weighted by atomic mass is 10.1. The Morgan fingerprint density at radius 1 is 1.15 bits per heavy atom. The maximum atomic E-state index is 12.3. The molecule has 1 saturated heterocycles. The summed E-state index contributed by atoms with van der Waals surface area (Å²) >= 11 is 7.28. The van der Waals surface area contributed by atoms with Gasteiger partial charge in [-0.3, -0.25) is 0 Å². The molecule has 1 aromatic carbocycles.